The van der Waals surface area contributed by atoms with Gasteiger partial charge in [-0.1, -0.05) is 13.0 Å². The van der Waals surface area contributed by atoms with Crippen LogP contribution in [0.25, 0.3) is 0 Å². The first-order chi connectivity index (χ1) is 9.31. The van der Waals surface area contributed by atoms with Crippen LogP contribution in [0.3, 0.4) is 0 Å². The largest absolute Gasteiger partial charge is 0.383 e. The molecule has 2 aromatic rings. The molecule has 2 heterocycles. The second-order valence-electron chi connectivity index (χ2n) is 4.54. The average molecular weight is 256 g/mol. The number of nitrogens with zero attached hydrogens (tertiary/aromatic N) is 2. The number of aromatic nitrogens is 2. The molecule has 1 atom stereocenters. The van der Waals surface area contributed by atoms with Gasteiger partial charge in [-0.3, -0.25) is 4.98 Å². The van der Waals surface area contributed by atoms with E-state index in [1.54, 1.807) is 6.20 Å². The second-order valence-corrected chi connectivity index (χ2v) is 4.54. The highest BCUT2D eigenvalue weighted by Gasteiger charge is 2.14. The number of nitrogen functional groups attached to an aromatic ring is 1. The highest BCUT2D eigenvalue weighted by atomic mass is 14.9. The minimum absolute atomic E-state index is 0.191. The highest BCUT2D eigenvalue weighted by molar-refractivity contribution is 5.41. The van der Waals surface area contributed by atoms with Crippen molar-refractivity contribution >= 4 is 5.82 Å². The number of hydrogen-bond donors (Lipinski definition) is 2. The molecule has 0 spiro atoms. The normalized spacial score (nSPS) is 12.3. The van der Waals surface area contributed by atoms with Gasteiger partial charge in [0, 0.05) is 30.2 Å². The molecule has 4 heteroatoms. The Morgan fingerprint density at radius 3 is 2.68 bits per heavy atom. The van der Waals surface area contributed by atoms with E-state index in [1.165, 1.54) is 5.56 Å². The van der Waals surface area contributed by atoms with Crippen LogP contribution in [0.5, 0.6) is 0 Å². The Labute approximate surface area is 114 Å². The molecule has 0 radical (unpaired) electrons. The Morgan fingerprint density at radius 2 is 2.00 bits per heavy atom. The van der Waals surface area contributed by atoms with Gasteiger partial charge < -0.3 is 11.1 Å². The van der Waals surface area contributed by atoms with Crippen molar-refractivity contribution in [3.8, 4) is 0 Å². The number of nitrogens with one attached hydrogen (secondary N) is 1. The van der Waals surface area contributed by atoms with Crippen molar-refractivity contribution in [1.29, 1.82) is 0 Å². The maximum Gasteiger partial charge on any atom is 0.128 e. The summed E-state index contributed by atoms with van der Waals surface area (Å²) in [5, 5.41) is 3.53. The molecule has 0 aliphatic carbocycles. The molecule has 0 saturated heterocycles. The van der Waals surface area contributed by atoms with Crippen molar-refractivity contribution in [2.24, 2.45) is 0 Å². The van der Waals surface area contributed by atoms with Gasteiger partial charge in [-0.15, -0.1) is 0 Å². The van der Waals surface area contributed by atoms with E-state index >= 15 is 0 Å². The van der Waals surface area contributed by atoms with Gasteiger partial charge in [-0.2, -0.15) is 0 Å². The summed E-state index contributed by atoms with van der Waals surface area (Å²) >= 11 is 0. The van der Waals surface area contributed by atoms with Crippen LogP contribution in [0.2, 0.25) is 0 Å². The number of pyridine rings is 2. The number of anilines is 1. The van der Waals surface area contributed by atoms with Crippen LogP contribution in [-0.2, 0) is 6.42 Å². The topological polar surface area (TPSA) is 63.8 Å². The summed E-state index contributed by atoms with van der Waals surface area (Å²) in [6.45, 7) is 3.12. The van der Waals surface area contributed by atoms with Crippen molar-refractivity contribution < 1.29 is 0 Å². The highest BCUT2D eigenvalue weighted by Crippen LogP contribution is 2.22. The van der Waals surface area contributed by atoms with Crippen molar-refractivity contribution in [1.82, 2.24) is 15.3 Å². The van der Waals surface area contributed by atoms with Crippen LogP contribution >= 0.6 is 0 Å². The first-order valence-corrected chi connectivity index (χ1v) is 6.64. The lowest BCUT2D eigenvalue weighted by molar-refractivity contribution is 0.529. The second kappa shape index (κ2) is 6.85. The van der Waals surface area contributed by atoms with Gasteiger partial charge in [0.1, 0.15) is 5.82 Å². The predicted molar refractivity (Wildman–Crippen MR) is 77.6 cm³/mol. The number of rotatable bonds is 6. The molecular formula is C15H20N4. The summed E-state index contributed by atoms with van der Waals surface area (Å²) in [6, 6.07) is 8.23. The first-order valence-electron chi connectivity index (χ1n) is 6.64. The van der Waals surface area contributed by atoms with E-state index in [4.69, 9.17) is 5.73 Å². The summed E-state index contributed by atoms with van der Waals surface area (Å²) in [7, 11) is 0. The Bertz CT molecular complexity index is 499. The Morgan fingerprint density at radius 1 is 1.21 bits per heavy atom. The molecule has 0 bridgehead atoms. The van der Waals surface area contributed by atoms with Crippen molar-refractivity contribution in [3.05, 3.63) is 54.0 Å². The number of hydrogen-bond acceptors (Lipinski definition) is 4. The zero-order valence-electron chi connectivity index (χ0n) is 11.2. The molecule has 1 unspecified atom stereocenters. The van der Waals surface area contributed by atoms with Crippen LogP contribution < -0.4 is 11.1 Å². The molecule has 0 aliphatic rings. The Kier molecular flexibility index (Phi) is 4.86. The van der Waals surface area contributed by atoms with E-state index in [0.29, 0.717) is 5.82 Å². The quantitative estimate of drug-likeness (QED) is 0.832. The molecule has 19 heavy (non-hydrogen) atoms. The lowest BCUT2D eigenvalue weighted by Crippen LogP contribution is -2.25. The minimum Gasteiger partial charge on any atom is -0.383 e. The van der Waals surface area contributed by atoms with Gasteiger partial charge in [0.15, 0.2) is 0 Å². The van der Waals surface area contributed by atoms with E-state index in [1.807, 2.05) is 36.7 Å². The summed E-state index contributed by atoms with van der Waals surface area (Å²) < 4.78 is 0. The summed E-state index contributed by atoms with van der Waals surface area (Å²) in [6.07, 6.45) is 7.34. The van der Waals surface area contributed by atoms with Crippen LogP contribution in [0, 0.1) is 0 Å². The Balaban J connectivity index is 2.19. The third-order valence-electron chi connectivity index (χ3n) is 3.08. The SMILES string of the molecule is CCCNC(Cc1ccncc1)c1cccnc1N. The van der Waals surface area contributed by atoms with E-state index in [2.05, 4.69) is 22.2 Å². The van der Waals surface area contributed by atoms with Gasteiger partial charge in [0.25, 0.3) is 0 Å². The van der Waals surface area contributed by atoms with Crippen LogP contribution in [0.4, 0.5) is 5.82 Å². The fraction of sp³-hybridized carbons (Fsp3) is 0.333. The molecule has 0 amide bonds. The van der Waals surface area contributed by atoms with Gasteiger partial charge in [0.2, 0.25) is 0 Å². The molecule has 0 fully saturated rings. The predicted octanol–water partition coefficient (Wildman–Crippen LogP) is 2.34. The van der Waals surface area contributed by atoms with E-state index < -0.39 is 0 Å². The fourth-order valence-electron chi connectivity index (χ4n) is 2.09. The zero-order chi connectivity index (χ0) is 13.5. The maximum atomic E-state index is 5.98. The third kappa shape index (κ3) is 3.76. The average Bonchev–Trinajstić information content (AvgIpc) is 2.45. The zero-order valence-corrected chi connectivity index (χ0v) is 11.2. The Hall–Kier alpha value is -1.94. The standard InChI is InChI=1S/C15H20N4/c1-2-7-18-14(11-12-5-9-17-10-6-12)13-4-3-8-19-15(13)16/h3-6,8-10,14,18H,2,7,11H2,1H3,(H2,16,19). The molecule has 4 nitrogen and oxygen atoms in total. The van der Waals surface area contributed by atoms with Crippen LogP contribution in [0.1, 0.15) is 30.5 Å². The molecule has 100 valence electrons. The van der Waals surface area contributed by atoms with Gasteiger partial charge >= 0.3 is 0 Å². The third-order valence-corrected chi connectivity index (χ3v) is 3.08. The van der Waals surface area contributed by atoms with Gasteiger partial charge in [-0.05, 0) is 43.1 Å². The van der Waals surface area contributed by atoms with Gasteiger partial charge in [-0.25, -0.2) is 4.98 Å². The van der Waals surface area contributed by atoms with Crippen LogP contribution in [-0.4, -0.2) is 16.5 Å². The van der Waals surface area contributed by atoms with Gasteiger partial charge in [0.05, 0.1) is 0 Å². The van der Waals surface area contributed by atoms with Crippen molar-refractivity contribution in [3.63, 3.8) is 0 Å². The van der Waals surface area contributed by atoms with E-state index in [0.717, 1.165) is 24.9 Å². The first kappa shape index (κ1) is 13.5. The lowest BCUT2D eigenvalue weighted by atomic mass is 10.00. The molecular weight excluding hydrogens is 236 g/mol. The molecule has 2 rings (SSSR count). The van der Waals surface area contributed by atoms with Crippen molar-refractivity contribution in [2.75, 3.05) is 12.3 Å². The maximum absolute atomic E-state index is 5.98. The molecule has 2 aromatic heterocycles. The van der Waals surface area contributed by atoms with E-state index in [-0.39, 0.29) is 6.04 Å². The summed E-state index contributed by atoms with van der Waals surface area (Å²) in [5.41, 5.74) is 8.29. The summed E-state index contributed by atoms with van der Waals surface area (Å²) in [5.74, 6) is 0.602. The van der Waals surface area contributed by atoms with E-state index in [9.17, 15) is 0 Å². The number of nitrogens with two attached hydrogens (primary N) is 1. The fourth-order valence-corrected chi connectivity index (χ4v) is 2.09. The molecule has 0 aliphatic heterocycles. The molecule has 0 aromatic carbocycles. The van der Waals surface area contributed by atoms with Crippen molar-refractivity contribution in [2.45, 2.75) is 25.8 Å². The van der Waals surface area contributed by atoms with Crippen LogP contribution in [0.15, 0.2) is 42.9 Å². The molecule has 3 N–H and O–H groups in total. The lowest BCUT2D eigenvalue weighted by Gasteiger charge is -2.20. The monoisotopic (exact) mass is 256 g/mol. The smallest absolute Gasteiger partial charge is 0.128 e. The summed E-state index contributed by atoms with van der Waals surface area (Å²) in [4.78, 5) is 8.22. The minimum atomic E-state index is 0.191. The molecule has 0 saturated carbocycles.